The van der Waals surface area contributed by atoms with Crippen molar-refractivity contribution in [2.75, 3.05) is 5.73 Å². The lowest BCUT2D eigenvalue weighted by molar-refractivity contribution is 0.598. The van der Waals surface area contributed by atoms with Crippen LogP contribution in [0.2, 0.25) is 0 Å². The van der Waals surface area contributed by atoms with Gasteiger partial charge in [-0.2, -0.15) is 0 Å². The fourth-order valence-corrected chi connectivity index (χ4v) is 4.22. The smallest absolute Gasteiger partial charge is 0.238 e. The second kappa shape index (κ2) is 6.39. The topological polar surface area (TPSA) is 86.2 Å². The number of alkyl halides is 2. The Hall–Kier alpha value is -0.390. The third kappa shape index (κ3) is 3.69. The van der Waals surface area contributed by atoms with Gasteiger partial charge >= 0.3 is 0 Å². The lowest BCUT2D eigenvalue weighted by Crippen LogP contribution is -2.15. The summed E-state index contributed by atoms with van der Waals surface area (Å²) >= 11 is 4.42. The molecule has 0 aromatic heterocycles. The third-order valence-electron chi connectivity index (χ3n) is 3.11. The van der Waals surface area contributed by atoms with E-state index in [0.717, 1.165) is 16.7 Å². The SMILES string of the molecule is Cc1ccc(-c2c(S(N)(=O)=O)ccc(N)c2C(I)I)cc1. The van der Waals surface area contributed by atoms with E-state index in [4.69, 9.17) is 10.9 Å². The molecule has 0 aliphatic carbocycles. The molecule has 0 radical (unpaired) electrons. The summed E-state index contributed by atoms with van der Waals surface area (Å²) in [6.07, 6.45) is 0. The molecular weight excluding hydrogens is 514 g/mol. The van der Waals surface area contributed by atoms with Crippen molar-refractivity contribution in [2.45, 2.75) is 13.8 Å². The van der Waals surface area contributed by atoms with E-state index >= 15 is 0 Å². The van der Waals surface area contributed by atoms with Gasteiger partial charge < -0.3 is 5.73 Å². The second-order valence-corrected chi connectivity index (χ2v) is 11.1. The highest BCUT2D eigenvalue weighted by Gasteiger charge is 2.23. The van der Waals surface area contributed by atoms with Crippen molar-refractivity contribution >= 4 is 60.9 Å². The van der Waals surface area contributed by atoms with Crippen LogP contribution in [0.5, 0.6) is 0 Å². The molecule has 4 N–H and O–H groups in total. The van der Waals surface area contributed by atoms with Gasteiger partial charge in [0.2, 0.25) is 10.0 Å². The van der Waals surface area contributed by atoms with E-state index in [0.29, 0.717) is 11.3 Å². The molecule has 0 fully saturated rings. The lowest BCUT2D eigenvalue weighted by atomic mass is 9.98. The van der Waals surface area contributed by atoms with Crippen molar-refractivity contribution in [3.63, 3.8) is 0 Å². The van der Waals surface area contributed by atoms with Gasteiger partial charge in [0.1, 0.15) is 0 Å². The Morgan fingerprint density at radius 1 is 1.05 bits per heavy atom. The highest BCUT2D eigenvalue weighted by molar-refractivity contribution is 14.2. The molecule has 2 aromatic carbocycles. The van der Waals surface area contributed by atoms with Crippen LogP contribution in [0.15, 0.2) is 41.3 Å². The van der Waals surface area contributed by atoms with Crippen LogP contribution in [-0.2, 0) is 10.0 Å². The first kappa shape index (κ1) is 17.0. The molecule has 4 nitrogen and oxygen atoms in total. The highest BCUT2D eigenvalue weighted by Crippen LogP contribution is 2.43. The van der Waals surface area contributed by atoms with Gasteiger partial charge in [0.25, 0.3) is 0 Å². The number of rotatable bonds is 3. The van der Waals surface area contributed by atoms with Gasteiger partial charge in [-0.25, -0.2) is 13.6 Å². The maximum atomic E-state index is 11.9. The molecule has 7 heteroatoms. The lowest BCUT2D eigenvalue weighted by Gasteiger charge is -2.17. The zero-order valence-electron chi connectivity index (χ0n) is 11.2. The molecule has 0 saturated heterocycles. The van der Waals surface area contributed by atoms with Gasteiger partial charge in [-0.1, -0.05) is 75.0 Å². The number of nitrogen functional groups attached to an aromatic ring is 1. The van der Waals surface area contributed by atoms with E-state index in [9.17, 15) is 8.42 Å². The zero-order valence-corrected chi connectivity index (χ0v) is 16.3. The molecule has 0 spiro atoms. The molecule has 0 heterocycles. The highest BCUT2D eigenvalue weighted by atomic mass is 127. The van der Waals surface area contributed by atoms with Crippen molar-refractivity contribution in [3.8, 4) is 11.1 Å². The van der Waals surface area contributed by atoms with Gasteiger partial charge in [0.05, 0.1) is 6.83 Å². The normalized spacial score (nSPS) is 11.9. The Balaban J connectivity index is 2.88. The number of aryl methyl sites for hydroxylation is 1. The average Bonchev–Trinajstić information content (AvgIpc) is 2.37. The Morgan fingerprint density at radius 3 is 2.10 bits per heavy atom. The van der Waals surface area contributed by atoms with Gasteiger partial charge in [-0.3, -0.25) is 0 Å². The molecule has 0 atom stereocenters. The van der Waals surface area contributed by atoms with Gasteiger partial charge in [-0.15, -0.1) is 0 Å². The number of anilines is 1. The molecule has 0 saturated carbocycles. The number of halogens is 2. The van der Waals surface area contributed by atoms with Crippen LogP contribution in [0.1, 0.15) is 13.1 Å². The monoisotopic (exact) mass is 528 g/mol. The molecule has 0 aliphatic rings. The van der Waals surface area contributed by atoms with Crippen molar-refractivity contribution in [3.05, 3.63) is 47.5 Å². The number of hydrogen-bond acceptors (Lipinski definition) is 3. The fraction of sp³-hybridized carbons (Fsp3) is 0.143. The summed E-state index contributed by atoms with van der Waals surface area (Å²) in [6, 6.07) is 10.7. The fourth-order valence-electron chi connectivity index (χ4n) is 2.11. The Labute approximate surface area is 151 Å². The van der Waals surface area contributed by atoms with Crippen LogP contribution in [-0.4, -0.2) is 8.42 Å². The minimum Gasteiger partial charge on any atom is -0.398 e. The number of nitrogens with two attached hydrogens (primary N) is 2. The molecule has 0 bridgehead atoms. The summed E-state index contributed by atoms with van der Waals surface area (Å²) in [5, 5.41) is 5.37. The van der Waals surface area contributed by atoms with Gasteiger partial charge in [0, 0.05) is 16.8 Å². The number of hydrogen-bond donors (Lipinski definition) is 2. The molecule has 0 aliphatic heterocycles. The number of sulfonamides is 1. The minimum absolute atomic E-state index is 0.0261. The molecule has 2 rings (SSSR count). The van der Waals surface area contributed by atoms with Crippen LogP contribution in [0.4, 0.5) is 5.69 Å². The van der Waals surface area contributed by atoms with Crippen LogP contribution < -0.4 is 10.9 Å². The van der Waals surface area contributed by atoms with Crippen molar-refractivity contribution in [1.82, 2.24) is 0 Å². The second-order valence-electron chi connectivity index (χ2n) is 4.65. The van der Waals surface area contributed by atoms with Crippen LogP contribution in [0.3, 0.4) is 0 Å². The van der Waals surface area contributed by atoms with E-state index in [1.165, 1.54) is 6.07 Å². The Bertz CT molecular complexity index is 772. The molecule has 2 aromatic rings. The number of benzene rings is 2. The van der Waals surface area contributed by atoms with E-state index in [1.54, 1.807) is 6.07 Å². The van der Waals surface area contributed by atoms with E-state index in [2.05, 4.69) is 45.2 Å². The summed E-state index contributed by atoms with van der Waals surface area (Å²) in [7, 11) is -3.83. The summed E-state index contributed by atoms with van der Waals surface area (Å²) in [6.45, 7) is 1.98. The molecule has 112 valence electrons. The maximum Gasteiger partial charge on any atom is 0.238 e. The van der Waals surface area contributed by atoms with Gasteiger partial charge in [0.15, 0.2) is 0 Å². The Kier molecular flexibility index (Phi) is 5.16. The Morgan fingerprint density at radius 2 is 1.62 bits per heavy atom. The van der Waals surface area contributed by atoms with Crippen molar-refractivity contribution in [1.29, 1.82) is 0 Å². The van der Waals surface area contributed by atoms with Gasteiger partial charge in [-0.05, 0) is 24.6 Å². The predicted molar refractivity (Wildman–Crippen MR) is 103 cm³/mol. The quantitative estimate of drug-likeness (QED) is 0.362. The van der Waals surface area contributed by atoms with E-state index in [-0.39, 0.29) is 6.83 Å². The number of primary sulfonamides is 1. The van der Waals surface area contributed by atoms with Crippen LogP contribution in [0, 0.1) is 6.92 Å². The largest absolute Gasteiger partial charge is 0.398 e. The summed E-state index contributed by atoms with van der Waals surface area (Å²) < 4.78 is 23.9. The summed E-state index contributed by atoms with van der Waals surface area (Å²) in [5.41, 5.74) is 9.89. The minimum atomic E-state index is -3.83. The molecular formula is C14H14I2N2O2S. The van der Waals surface area contributed by atoms with Crippen molar-refractivity contribution in [2.24, 2.45) is 5.14 Å². The zero-order chi connectivity index (χ0) is 15.8. The summed E-state index contributed by atoms with van der Waals surface area (Å²) in [5.74, 6) is 0. The van der Waals surface area contributed by atoms with Crippen molar-refractivity contribution < 1.29 is 8.42 Å². The molecule has 0 amide bonds. The molecule has 0 unspecified atom stereocenters. The van der Waals surface area contributed by atoms with Crippen LogP contribution >= 0.6 is 45.2 Å². The average molecular weight is 528 g/mol. The first-order chi connectivity index (χ1) is 9.71. The maximum absolute atomic E-state index is 11.9. The predicted octanol–water partition coefficient (Wildman–Crippen LogP) is 3.76. The van der Waals surface area contributed by atoms with E-state index in [1.807, 2.05) is 31.2 Å². The molecule has 21 heavy (non-hydrogen) atoms. The standard InChI is InChI=1S/C14H14I2N2O2S/c1-8-2-4-9(5-3-8)12-11(21(18,19)20)7-6-10(17)13(12)14(15)16/h2-7,14H,17H2,1H3,(H2,18,19,20). The first-order valence-electron chi connectivity index (χ1n) is 6.02. The van der Waals surface area contributed by atoms with Crippen LogP contribution in [0.25, 0.3) is 11.1 Å². The van der Waals surface area contributed by atoms with E-state index < -0.39 is 10.0 Å². The summed E-state index contributed by atoms with van der Waals surface area (Å²) in [4.78, 5) is 0.105. The third-order valence-corrected chi connectivity index (χ3v) is 5.30. The first-order valence-corrected chi connectivity index (χ1v) is 10.1.